The van der Waals surface area contributed by atoms with Crippen LogP contribution in [0.4, 0.5) is 0 Å². The van der Waals surface area contributed by atoms with Crippen LogP contribution in [0.1, 0.15) is 49.9 Å². The normalized spacial score (nSPS) is 18.6. The summed E-state index contributed by atoms with van der Waals surface area (Å²) in [6.07, 6.45) is 4.69. The van der Waals surface area contributed by atoms with Crippen LogP contribution in [0.15, 0.2) is 24.4 Å². The zero-order chi connectivity index (χ0) is 17.8. The van der Waals surface area contributed by atoms with Crippen molar-refractivity contribution < 1.29 is 9.59 Å². The molecule has 2 amide bonds. The van der Waals surface area contributed by atoms with Gasteiger partial charge in [-0.05, 0) is 37.3 Å². The standard InChI is InChI=1S/C19H26N4O2/c1-13(2)8-10-23-11-9-14(6-7-18(23)24)21-19(25)15-4-3-5-17-16(15)12-20-22-17/h3-5,12-14H,6-11H2,1-2H3,(H,20,22)(H,21,25). The van der Waals surface area contributed by atoms with Crippen molar-refractivity contribution in [1.29, 1.82) is 0 Å². The lowest BCUT2D eigenvalue weighted by atomic mass is 10.1. The molecule has 1 aliphatic rings. The van der Waals surface area contributed by atoms with E-state index in [1.165, 1.54) is 0 Å². The molecule has 6 heteroatoms. The second-order valence-electron chi connectivity index (χ2n) is 7.20. The van der Waals surface area contributed by atoms with Crippen LogP contribution >= 0.6 is 0 Å². The van der Waals surface area contributed by atoms with Crippen LogP contribution in [0.2, 0.25) is 0 Å². The molecule has 1 unspecified atom stereocenters. The maximum atomic E-state index is 12.7. The number of likely N-dealkylation sites (tertiary alicyclic amines) is 1. The topological polar surface area (TPSA) is 78.1 Å². The van der Waals surface area contributed by atoms with E-state index in [1.807, 2.05) is 23.1 Å². The zero-order valence-electron chi connectivity index (χ0n) is 14.9. The SMILES string of the molecule is CC(C)CCN1CCC(NC(=O)c2cccc3[nH]ncc23)CCC1=O. The van der Waals surface area contributed by atoms with E-state index in [9.17, 15) is 9.59 Å². The van der Waals surface area contributed by atoms with Gasteiger partial charge in [0, 0.05) is 30.9 Å². The Hall–Kier alpha value is -2.37. The third-order valence-electron chi connectivity index (χ3n) is 4.85. The smallest absolute Gasteiger partial charge is 0.252 e. The molecular weight excluding hydrogens is 316 g/mol. The average molecular weight is 342 g/mol. The lowest BCUT2D eigenvalue weighted by Gasteiger charge is -2.22. The number of hydrogen-bond donors (Lipinski definition) is 2. The molecule has 6 nitrogen and oxygen atoms in total. The van der Waals surface area contributed by atoms with Crippen molar-refractivity contribution in [2.75, 3.05) is 13.1 Å². The summed E-state index contributed by atoms with van der Waals surface area (Å²) in [6.45, 7) is 5.86. The number of amides is 2. The van der Waals surface area contributed by atoms with E-state index in [2.05, 4.69) is 29.4 Å². The summed E-state index contributed by atoms with van der Waals surface area (Å²) in [4.78, 5) is 26.9. The van der Waals surface area contributed by atoms with Crippen LogP contribution in [-0.2, 0) is 4.79 Å². The highest BCUT2D eigenvalue weighted by Gasteiger charge is 2.24. The fourth-order valence-corrected chi connectivity index (χ4v) is 3.26. The minimum Gasteiger partial charge on any atom is -0.349 e. The summed E-state index contributed by atoms with van der Waals surface area (Å²) in [5, 5.41) is 10.8. The molecule has 0 bridgehead atoms. The second kappa shape index (κ2) is 7.68. The molecule has 2 aromatic rings. The summed E-state index contributed by atoms with van der Waals surface area (Å²) < 4.78 is 0. The number of hydrogen-bond acceptors (Lipinski definition) is 3. The van der Waals surface area contributed by atoms with E-state index in [4.69, 9.17) is 0 Å². The summed E-state index contributed by atoms with van der Waals surface area (Å²) >= 11 is 0. The summed E-state index contributed by atoms with van der Waals surface area (Å²) in [5.74, 6) is 0.691. The molecule has 1 saturated heterocycles. The van der Waals surface area contributed by atoms with E-state index < -0.39 is 0 Å². The van der Waals surface area contributed by atoms with Crippen molar-refractivity contribution in [2.24, 2.45) is 5.92 Å². The van der Waals surface area contributed by atoms with E-state index in [1.54, 1.807) is 6.20 Å². The third-order valence-corrected chi connectivity index (χ3v) is 4.85. The predicted molar refractivity (Wildman–Crippen MR) is 97.2 cm³/mol. The first kappa shape index (κ1) is 17.5. The molecular formula is C19H26N4O2. The minimum absolute atomic E-state index is 0.0302. The molecule has 25 heavy (non-hydrogen) atoms. The van der Waals surface area contributed by atoms with E-state index >= 15 is 0 Å². The average Bonchev–Trinajstić information content (AvgIpc) is 3.00. The molecule has 1 aromatic carbocycles. The molecule has 0 radical (unpaired) electrons. The summed E-state index contributed by atoms with van der Waals surface area (Å²) in [7, 11) is 0. The molecule has 134 valence electrons. The Labute approximate surface area is 148 Å². The van der Waals surface area contributed by atoms with Gasteiger partial charge in [0.1, 0.15) is 0 Å². The Balaban J connectivity index is 1.62. The molecule has 1 fully saturated rings. The van der Waals surface area contributed by atoms with Crippen molar-refractivity contribution in [3.63, 3.8) is 0 Å². The lowest BCUT2D eigenvalue weighted by Crippen LogP contribution is -2.36. The highest BCUT2D eigenvalue weighted by Crippen LogP contribution is 2.18. The van der Waals surface area contributed by atoms with Gasteiger partial charge in [-0.15, -0.1) is 0 Å². The Morgan fingerprint density at radius 1 is 1.40 bits per heavy atom. The van der Waals surface area contributed by atoms with Gasteiger partial charge in [0.2, 0.25) is 5.91 Å². The van der Waals surface area contributed by atoms with E-state index in [-0.39, 0.29) is 17.9 Å². The van der Waals surface area contributed by atoms with Crippen LogP contribution in [0, 0.1) is 5.92 Å². The van der Waals surface area contributed by atoms with Gasteiger partial charge in [-0.1, -0.05) is 19.9 Å². The lowest BCUT2D eigenvalue weighted by molar-refractivity contribution is -0.130. The molecule has 0 saturated carbocycles. The zero-order valence-corrected chi connectivity index (χ0v) is 14.9. The molecule has 2 N–H and O–H groups in total. The Morgan fingerprint density at radius 3 is 3.04 bits per heavy atom. The number of nitrogens with zero attached hydrogens (tertiary/aromatic N) is 2. The number of rotatable bonds is 5. The van der Waals surface area contributed by atoms with E-state index in [0.717, 1.165) is 30.3 Å². The van der Waals surface area contributed by atoms with E-state index in [0.29, 0.717) is 30.9 Å². The van der Waals surface area contributed by atoms with Crippen molar-refractivity contribution in [2.45, 2.75) is 45.6 Å². The van der Waals surface area contributed by atoms with Gasteiger partial charge in [0.05, 0.1) is 17.3 Å². The Morgan fingerprint density at radius 2 is 2.24 bits per heavy atom. The van der Waals surface area contributed by atoms with Gasteiger partial charge >= 0.3 is 0 Å². The van der Waals surface area contributed by atoms with Gasteiger partial charge < -0.3 is 10.2 Å². The van der Waals surface area contributed by atoms with Crippen LogP contribution in [-0.4, -0.2) is 46.0 Å². The quantitative estimate of drug-likeness (QED) is 0.877. The van der Waals surface area contributed by atoms with Crippen LogP contribution in [0.25, 0.3) is 10.9 Å². The highest BCUT2D eigenvalue weighted by atomic mass is 16.2. The number of aromatic nitrogens is 2. The molecule has 1 atom stereocenters. The molecule has 0 aliphatic carbocycles. The molecule has 3 rings (SSSR count). The number of benzene rings is 1. The number of aromatic amines is 1. The Kier molecular flexibility index (Phi) is 5.36. The number of carbonyl (C=O) groups is 2. The maximum Gasteiger partial charge on any atom is 0.252 e. The van der Waals surface area contributed by atoms with Gasteiger partial charge in [-0.3, -0.25) is 14.7 Å². The van der Waals surface area contributed by atoms with Gasteiger partial charge in [0.25, 0.3) is 5.91 Å². The first-order valence-electron chi connectivity index (χ1n) is 9.05. The fourth-order valence-electron chi connectivity index (χ4n) is 3.26. The van der Waals surface area contributed by atoms with Crippen molar-refractivity contribution in [3.8, 4) is 0 Å². The van der Waals surface area contributed by atoms with Crippen LogP contribution in [0.5, 0.6) is 0 Å². The molecule has 1 aliphatic heterocycles. The van der Waals surface area contributed by atoms with Crippen LogP contribution < -0.4 is 5.32 Å². The largest absolute Gasteiger partial charge is 0.349 e. The van der Waals surface area contributed by atoms with Crippen LogP contribution in [0.3, 0.4) is 0 Å². The number of H-pyrrole nitrogens is 1. The van der Waals surface area contributed by atoms with Gasteiger partial charge in [-0.2, -0.15) is 5.10 Å². The monoisotopic (exact) mass is 342 g/mol. The van der Waals surface area contributed by atoms with Gasteiger partial charge in [0.15, 0.2) is 0 Å². The number of nitrogens with one attached hydrogen (secondary N) is 2. The van der Waals surface area contributed by atoms with Gasteiger partial charge in [-0.25, -0.2) is 0 Å². The minimum atomic E-state index is -0.0971. The predicted octanol–water partition coefficient (Wildman–Crippen LogP) is 2.72. The second-order valence-corrected chi connectivity index (χ2v) is 7.20. The Bertz CT molecular complexity index is 753. The first-order valence-corrected chi connectivity index (χ1v) is 9.05. The van der Waals surface area contributed by atoms with Crippen molar-refractivity contribution in [1.82, 2.24) is 20.4 Å². The molecule has 2 heterocycles. The molecule has 0 spiro atoms. The third kappa shape index (κ3) is 4.18. The number of carbonyl (C=O) groups excluding carboxylic acids is 2. The summed E-state index contributed by atoms with van der Waals surface area (Å²) in [5.41, 5.74) is 1.47. The van der Waals surface area contributed by atoms with Crippen molar-refractivity contribution >= 4 is 22.7 Å². The number of fused-ring (bicyclic) bond motifs is 1. The first-order chi connectivity index (χ1) is 12.0. The summed E-state index contributed by atoms with van der Waals surface area (Å²) in [6, 6.07) is 5.59. The molecule has 1 aromatic heterocycles. The maximum absolute atomic E-state index is 12.7. The van der Waals surface area contributed by atoms with Crippen molar-refractivity contribution in [3.05, 3.63) is 30.0 Å². The fraction of sp³-hybridized carbons (Fsp3) is 0.526. The highest BCUT2D eigenvalue weighted by molar-refractivity contribution is 6.06.